The fourth-order valence-corrected chi connectivity index (χ4v) is 4.99. The molecule has 3 rings (SSSR count). The quantitative estimate of drug-likeness (QED) is 0.913. The van der Waals surface area contributed by atoms with Gasteiger partial charge in [-0.25, -0.2) is 0 Å². The first kappa shape index (κ1) is 15.5. The van der Waals surface area contributed by atoms with Gasteiger partial charge in [-0.15, -0.1) is 23.1 Å². The first-order chi connectivity index (χ1) is 10.8. The number of rotatable bonds is 5. The monoisotopic (exact) mass is 334 g/mol. The highest BCUT2D eigenvalue weighted by molar-refractivity contribution is 8.00. The zero-order chi connectivity index (χ0) is 15.4. The molecule has 0 radical (unpaired) electrons. The smallest absolute Gasteiger partial charge is 0.240 e. The van der Waals surface area contributed by atoms with E-state index < -0.39 is 0 Å². The molecule has 1 N–H and O–H groups in total. The van der Waals surface area contributed by atoms with Crippen molar-refractivity contribution in [2.75, 3.05) is 18.9 Å². The molecule has 0 spiro atoms. The van der Waals surface area contributed by atoms with Crippen molar-refractivity contribution in [3.63, 3.8) is 0 Å². The number of aromatic nitrogens is 1. The maximum Gasteiger partial charge on any atom is 0.240 e. The summed E-state index contributed by atoms with van der Waals surface area (Å²) in [5.41, 5.74) is 2.14. The molecule has 1 amide bonds. The SMILES string of the molecule is O=C(C1SCCc2sccc21)N(CCO)Cc1cccnc1. The lowest BCUT2D eigenvalue weighted by molar-refractivity contribution is -0.131. The molecule has 1 aliphatic heterocycles. The topological polar surface area (TPSA) is 53.4 Å². The van der Waals surface area contributed by atoms with Crippen LogP contribution in [-0.4, -0.2) is 39.8 Å². The first-order valence-electron chi connectivity index (χ1n) is 7.26. The van der Waals surface area contributed by atoms with Crippen molar-refractivity contribution in [2.24, 2.45) is 0 Å². The number of aliphatic hydroxyl groups excluding tert-OH is 1. The van der Waals surface area contributed by atoms with Gasteiger partial charge in [-0.2, -0.15) is 0 Å². The summed E-state index contributed by atoms with van der Waals surface area (Å²) in [7, 11) is 0. The molecule has 2 aromatic rings. The molecule has 116 valence electrons. The van der Waals surface area contributed by atoms with Crippen LogP contribution >= 0.6 is 23.1 Å². The number of fused-ring (bicyclic) bond motifs is 1. The molecule has 0 bridgehead atoms. The van der Waals surface area contributed by atoms with Crippen molar-refractivity contribution in [1.82, 2.24) is 9.88 Å². The summed E-state index contributed by atoms with van der Waals surface area (Å²) in [6, 6.07) is 5.88. The Morgan fingerprint density at radius 2 is 2.36 bits per heavy atom. The molecule has 4 nitrogen and oxygen atoms in total. The lowest BCUT2D eigenvalue weighted by Gasteiger charge is -2.29. The Morgan fingerprint density at radius 3 is 3.14 bits per heavy atom. The maximum absolute atomic E-state index is 12.9. The molecule has 1 aliphatic rings. The second kappa shape index (κ2) is 7.26. The van der Waals surface area contributed by atoms with Crippen LogP contribution in [0.5, 0.6) is 0 Å². The summed E-state index contributed by atoms with van der Waals surface area (Å²) in [4.78, 5) is 20.1. The van der Waals surface area contributed by atoms with Gasteiger partial charge in [-0.3, -0.25) is 9.78 Å². The number of carbonyl (C=O) groups excluding carboxylic acids is 1. The minimum absolute atomic E-state index is 0.0279. The molecule has 0 saturated heterocycles. The van der Waals surface area contributed by atoms with Crippen LogP contribution in [0.25, 0.3) is 0 Å². The zero-order valence-electron chi connectivity index (χ0n) is 12.1. The molecule has 1 atom stereocenters. The molecule has 6 heteroatoms. The Bertz CT molecular complexity index is 630. The summed E-state index contributed by atoms with van der Waals surface area (Å²) in [6.07, 6.45) is 4.53. The molecule has 0 aliphatic carbocycles. The van der Waals surface area contributed by atoms with Gasteiger partial charge in [0.2, 0.25) is 5.91 Å². The number of thiophene rings is 1. The van der Waals surface area contributed by atoms with Crippen LogP contribution in [0.2, 0.25) is 0 Å². The van der Waals surface area contributed by atoms with E-state index in [1.165, 1.54) is 4.88 Å². The van der Waals surface area contributed by atoms with Crippen molar-refractivity contribution in [1.29, 1.82) is 0 Å². The highest BCUT2D eigenvalue weighted by atomic mass is 32.2. The summed E-state index contributed by atoms with van der Waals surface area (Å²) < 4.78 is 0. The number of hydrogen-bond acceptors (Lipinski definition) is 5. The number of nitrogens with zero attached hydrogens (tertiary/aromatic N) is 2. The Balaban J connectivity index is 1.79. The number of carbonyl (C=O) groups is 1. The van der Waals surface area contributed by atoms with Gasteiger partial charge in [0.25, 0.3) is 0 Å². The normalized spacial score (nSPS) is 17.0. The molecule has 2 aromatic heterocycles. The molecular weight excluding hydrogens is 316 g/mol. The van der Waals surface area contributed by atoms with E-state index in [0.717, 1.165) is 23.3 Å². The fourth-order valence-electron chi connectivity index (χ4n) is 2.62. The van der Waals surface area contributed by atoms with E-state index in [4.69, 9.17) is 0 Å². The number of aliphatic hydroxyl groups is 1. The molecule has 0 saturated carbocycles. The minimum Gasteiger partial charge on any atom is -0.395 e. The Kier molecular flexibility index (Phi) is 5.12. The number of amides is 1. The Morgan fingerprint density at radius 1 is 1.45 bits per heavy atom. The maximum atomic E-state index is 12.9. The van der Waals surface area contributed by atoms with E-state index in [9.17, 15) is 9.90 Å². The van der Waals surface area contributed by atoms with Gasteiger partial charge in [-0.05, 0) is 40.8 Å². The third kappa shape index (κ3) is 3.34. The highest BCUT2D eigenvalue weighted by Crippen LogP contribution is 2.40. The number of pyridine rings is 1. The van der Waals surface area contributed by atoms with Gasteiger partial charge in [0, 0.05) is 30.4 Å². The van der Waals surface area contributed by atoms with Crippen LogP contribution in [0, 0.1) is 0 Å². The van der Waals surface area contributed by atoms with Crippen molar-refractivity contribution in [3.8, 4) is 0 Å². The minimum atomic E-state index is -0.141. The van der Waals surface area contributed by atoms with E-state index in [0.29, 0.717) is 13.1 Å². The Hall–Kier alpha value is -1.37. The lowest BCUT2D eigenvalue weighted by Crippen LogP contribution is -2.36. The molecule has 22 heavy (non-hydrogen) atoms. The lowest BCUT2D eigenvalue weighted by atomic mass is 10.1. The highest BCUT2D eigenvalue weighted by Gasteiger charge is 2.31. The largest absolute Gasteiger partial charge is 0.395 e. The number of aryl methyl sites for hydroxylation is 1. The van der Waals surface area contributed by atoms with Crippen LogP contribution in [0.4, 0.5) is 0 Å². The molecule has 3 heterocycles. The van der Waals surface area contributed by atoms with Crippen molar-refractivity contribution < 1.29 is 9.90 Å². The average Bonchev–Trinajstić information content (AvgIpc) is 3.03. The van der Waals surface area contributed by atoms with E-state index in [2.05, 4.69) is 16.4 Å². The van der Waals surface area contributed by atoms with Crippen LogP contribution in [0.3, 0.4) is 0 Å². The first-order valence-corrected chi connectivity index (χ1v) is 9.19. The van der Waals surface area contributed by atoms with Crippen LogP contribution < -0.4 is 0 Å². The van der Waals surface area contributed by atoms with Crippen LogP contribution in [0.1, 0.15) is 21.3 Å². The second-order valence-electron chi connectivity index (χ2n) is 5.14. The van der Waals surface area contributed by atoms with E-state index in [1.54, 1.807) is 40.4 Å². The predicted molar refractivity (Wildman–Crippen MR) is 90.0 cm³/mol. The van der Waals surface area contributed by atoms with Crippen molar-refractivity contribution in [3.05, 3.63) is 52.0 Å². The molecule has 0 aromatic carbocycles. The van der Waals surface area contributed by atoms with E-state index in [-0.39, 0.29) is 17.8 Å². The third-order valence-corrected chi connectivity index (χ3v) is 5.90. The van der Waals surface area contributed by atoms with Crippen molar-refractivity contribution in [2.45, 2.75) is 18.2 Å². The Labute approximate surface area is 138 Å². The summed E-state index contributed by atoms with van der Waals surface area (Å²) in [5, 5.41) is 11.2. The van der Waals surface area contributed by atoms with E-state index in [1.807, 2.05) is 12.1 Å². The fraction of sp³-hybridized carbons (Fsp3) is 0.375. The van der Waals surface area contributed by atoms with Gasteiger partial charge >= 0.3 is 0 Å². The average molecular weight is 334 g/mol. The van der Waals surface area contributed by atoms with Gasteiger partial charge in [0.15, 0.2) is 0 Å². The van der Waals surface area contributed by atoms with Crippen LogP contribution in [0.15, 0.2) is 36.0 Å². The number of thioether (sulfide) groups is 1. The molecule has 0 fully saturated rings. The standard InChI is InChI=1S/C16H18N2O2S2/c19-7-6-18(11-12-2-1-5-17-10-12)16(20)15-13-3-8-21-14(13)4-9-22-15/h1-3,5,8,10,15,19H,4,6-7,9,11H2. The second-order valence-corrected chi connectivity index (χ2v) is 7.36. The van der Waals surface area contributed by atoms with Gasteiger partial charge in [-0.1, -0.05) is 6.07 Å². The van der Waals surface area contributed by atoms with Crippen molar-refractivity contribution >= 4 is 29.0 Å². The molecular formula is C16H18N2O2S2. The van der Waals surface area contributed by atoms with Gasteiger partial charge in [0.05, 0.1) is 6.61 Å². The number of hydrogen-bond donors (Lipinski definition) is 1. The summed E-state index contributed by atoms with van der Waals surface area (Å²) >= 11 is 3.43. The molecule has 1 unspecified atom stereocenters. The van der Waals surface area contributed by atoms with E-state index >= 15 is 0 Å². The zero-order valence-corrected chi connectivity index (χ0v) is 13.8. The third-order valence-electron chi connectivity index (χ3n) is 3.68. The van der Waals surface area contributed by atoms with Crippen LogP contribution in [-0.2, 0) is 17.8 Å². The summed E-state index contributed by atoms with van der Waals surface area (Å²) in [5.74, 6) is 1.06. The summed E-state index contributed by atoms with van der Waals surface area (Å²) in [6.45, 7) is 0.813. The van der Waals surface area contributed by atoms with Gasteiger partial charge < -0.3 is 10.0 Å². The van der Waals surface area contributed by atoms with Gasteiger partial charge in [0.1, 0.15) is 5.25 Å². The predicted octanol–water partition coefficient (Wildman–Crippen LogP) is 2.49.